The van der Waals surface area contributed by atoms with Gasteiger partial charge in [0.1, 0.15) is 0 Å². The Kier molecular flexibility index (Phi) is 6.81. The first-order chi connectivity index (χ1) is 12.3. The van der Waals surface area contributed by atoms with Gasteiger partial charge in [0.25, 0.3) is 0 Å². The molecule has 2 aliphatic rings. The Bertz CT molecular complexity index is 516. The molecule has 0 bridgehead atoms. The summed E-state index contributed by atoms with van der Waals surface area (Å²) in [4.78, 5) is 24.6. The first-order valence-electron chi connectivity index (χ1n) is 9.07. The molecule has 2 saturated heterocycles. The van der Waals surface area contributed by atoms with Crippen LogP contribution in [0.1, 0.15) is 19.3 Å². The number of amides is 2. The van der Waals surface area contributed by atoms with E-state index in [9.17, 15) is 4.79 Å². The zero-order chi connectivity index (χ0) is 17.3. The Balaban J connectivity index is 1.25. The zero-order valence-corrected chi connectivity index (χ0v) is 14.6. The van der Waals surface area contributed by atoms with Crippen molar-refractivity contribution in [1.29, 1.82) is 0 Å². The molecule has 138 valence electrons. The first-order valence-corrected chi connectivity index (χ1v) is 9.07. The highest BCUT2D eigenvalue weighted by Gasteiger charge is 2.22. The molecule has 0 spiro atoms. The minimum atomic E-state index is -0.00671. The smallest absolute Gasteiger partial charge is 0.317 e. The van der Waals surface area contributed by atoms with Gasteiger partial charge in [-0.3, -0.25) is 0 Å². The highest BCUT2D eigenvalue weighted by atomic mass is 16.5. The Morgan fingerprint density at radius 2 is 2.08 bits per heavy atom. The summed E-state index contributed by atoms with van der Waals surface area (Å²) in [6, 6.07) is 1.80. The van der Waals surface area contributed by atoms with Crippen molar-refractivity contribution < 1.29 is 14.3 Å². The fraction of sp³-hybridized carbons (Fsp3) is 0.706. The van der Waals surface area contributed by atoms with Gasteiger partial charge < -0.3 is 24.6 Å². The van der Waals surface area contributed by atoms with E-state index in [4.69, 9.17) is 9.47 Å². The second-order valence-corrected chi connectivity index (χ2v) is 6.32. The van der Waals surface area contributed by atoms with Crippen LogP contribution in [0.5, 0.6) is 0 Å². The number of hydrogen-bond acceptors (Lipinski definition) is 6. The van der Waals surface area contributed by atoms with Crippen molar-refractivity contribution in [2.24, 2.45) is 0 Å². The Labute approximate surface area is 148 Å². The third-order valence-corrected chi connectivity index (χ3v) is 4.47. The van der Waals surface area contributed by atoms with Crippen LogP contribution in [0.3, 0.4) is 0 Å². The van der Waals surface area contributed by atoms with Gasteiger partial charge in [-0.05, 0) is 25.3 Å². The molecule has 8 heteroatoms. The van der Waals surface area contributed by atoms with Crippen molar-refractivity contribution in [3.05, 3.63) is 18.5 Å². The van der Waals surface area contributed by atoms with Crippen molar-refractivity contribution in [2.45, 2.75) is 25.4 Å². The molecule has 2 amide bonds. The largest absolute Gasteiger partial charge is 0.379 e. The van der Waals surface area contributed by atoms with Gasteiger partial charge >= 0.3 is 6.03 Å². The molecule has 3 rings (SSSR count). The third-order valence-electron chi connectivity index (χ3n) is 4.47. The lowest BCUT2D eigenvalue weighted by molar-refractivity contribution is 0.0167. The number of nitrogens with one attached hydrogen (secondary N) is 1. The second kappa shape index (κ2) is 9.53. The monoisotopic (exact) mass is 349 g/mol. The maximum absolute atomic E-state index is 12.2. The van der Waals surface area contributed by atoms with Gasteiger partial charge in [-0.2, -0.15) is 0 Å². The summed E-state index contributed by atoms with van der Waals surface area (Å²) in [5.74, 6) is 0.728. The molecular weight excluding hydrogens is 322 g/mol. The molecule has 2 fully saturated rings. The summed E-state index contributed by atoms with van der Waals surface area (Å²) in [6.07, 6.45) is 6.78. The number of rotatable bonds is 7. The van der Waals surface area contributed by atoms with Crippen LogP contribution in [0.2, 0.25) is 0 Å². The van der Waals surface area contributed by atoms with Gasteiger partial charge in [-0.15, -0.1) is 0 Å². The van der Waals surface area contributed by atoms with Crippen molar-refractivity contribution in [2.75, 3.05) is 57.4 Å². The SMILES string of the molecule is O=C(NCCCOC[C@@H]1CCCO1)N1CCN(c2ncccn2)CC1. The molecule has 2 aliphatic heterocycles. The number of piperazine rings is 1. The Morgan fingerprint density at radius 3 is 2.80 bits per heavy atom. The molecule has 8 nitrogen and oxygen atoms in total. The standard InChI is InChI=1S/C17H27N5O3/c23-17(20-7-3-12-24-14-15-4-1-13-25-15)22-10-8-21(9-11-22)16-18-5-2-6-19-16/h2,5-6,15H,1,3-4,7-14H2,(H,20,23)/t15-/m0/s1. The maximum Gasteiger partial charge on any atom is 0.317 e. The third kappa shape index (κ3) is 5.54. The molecule has 0 aromatic carbocycles. The lowest BCUT2D eigenvalue weighted by Crippen LogP contribution is -2.52. The summed E-state index contributed by atoms with van der Waals surface area (Å²) < 4.78 is 11.1. The molecule has 1 atom stereocenters. The van der Waals surface area contributed by atoms with Crippen molar-refractivity contribution in [1.82, 2.24) is 20.2 Å². The van der Waals surface area contributed by atoms with Crippen molar-refractivity contribution in [3.8, 4) is 0 Å². The average molecular weight is 349 g/mol. The summed E-state index contributed by atoms with van der Waals surface area (Å²) >= 11 is 0. The number of hydrogen-bond donors (Lipinski definition) is 1. The molecule has 1 N–H and O–H groups in total. The van der Waals surface area contributed by atoms with Crippen molar-refractivity contribution in [3.63, 3.8) is 0 Å². The number of carbonyl (C=O) groups excluding carboxylic acids is 1. The predicted octanol–water partition coefficient (Wildman–Crippen LogP) is 0.894. The Hall–Kier alpha value is -1.93. The van der Waals surface area contributed by atoms with Crippen LogP contribution in [-0.2, 0) is 9.47 Å². The minimum absolute atomic E-state index is 0.00671. The highest BCUT2D eigenvalue weighted by Crippen LogP contribution is 2.12. The zero-order valence-electron chi connectivity index (χ0n) is 14.6. The summed E-state index contributed by atoms with van der Waals surface area (Å²) in [5.41, 5.74) is 0. The van der Waals surface area contributed by atoms with E-state index in [1.807, 2.05) is 4.90 Å². The number of anilines is 1. The van der Waals surface area contributed by atoms with Gasteiger partial charge in [0.2, 0.25) is 5.95 Å². The second-order valence-electron chi connectivity index (χ2n) is 6.32. The van der Waals surface area contributed by atoms with Gasteiger partial charge in [-0.25, -0.2) is 14.8 Å². The summed E-state index contributed by atoms with van der Waals surface area (Å²) in [7, 11) is 0. The van der Waals surface area contributed by atoms with E-state index in [0.29, 0.717) is 32.8 Å². The van der Waals surface area contributed by atoms with Gasteiger partial charge in [-0.1, -0.05) is 0 Å². The molecule has 25 heavy (non-hydrogen) atoms. The lowest BCUT2D eigenvalue weighted by Gasteiger charge is -2.34. The van der Waals surface area contributed by atoms with E-state index in [2.05, 4.69) is 20.2 Å². The fourth-order valence-electron chi connectivity index (χ4n) is 3.04. The number of ether oxygens (including phenoxy) is 2. The number of aromatic nitrogens is 2. The van der Waals surface area contributed by atoms with Gasteiger partial charge in [0.05, 0.1) is 12.7 Å². The fourth-order valence-corrected chi connectivity index (χ4v) is 3.04. The van der Waals surface area contributed by atoms with E-state index in [-0.39, 0.29) is 12.1 Å². The van der Waals surface area contributed by atoms with E-state index >= 15 is 0 Å². The van der Waals surface area contributed by atoms with Crippen LogP contribution in [0.25, 0.3) is 0 Å². The number of urea groups is 1. The van der Waals surface area contributed by atoms with E-state index in [1.54, 1.807) is 18.5 Å². The van der Waals surface area contributed by atoms with Crippen molar-refractivity contribution >= 4 is 12.0 Å². The molecule has 1 aromatic rings. The molecule has 0 saturated carbocycles. The van der Waals surface area contributed by atoms with Crippen LogP contribution in [0.15, 0.2) is 18.5 Å². The number of carbonyl (C=O) groups is 1. The normalized spacial score (nSPS) is 20.7. The molecule has 0 radical (unpaired) electrons. The number of nitrogens with zero attached hydrogens (tertiary/aromatic N) is 4. The Morgan fingerprint density at radius 1 is 1.28 bits per heavy atom. The van der Waals surface area contributed by atoms with Crippen LogP contribution in [0, 0.1) is 0 Å². The summed E-state index contributed by atoms with van der Waals surface area (Å²) in [5, 5.41) is 2.96. The molecule has 1 aromatic heterocycles. The van der Waals surface area contributed by atoms with E-state index < -0.39 is 0 Å². The molecule has 0 aliphatic carbocycles. The van der Waals surface area contributed by atoms with Crippen LogP contribution >= 0.6 is 0 Å². The summed E-state index contributed by atoms with van der Waals surface area (Å²) in [6.45, 7) is 5.67. The first kappa shape index (κ1) is 17.9. The van der Waals surface area contributed by atoms with Crippen LogP contribution in [0.4, 0.5) is 10.7 Å². The van der Waals surface area contributed by atoms with Gasteiger partial charge in [0, 0.05) is 58.3 Å². The average Bonchev–Trinajstić information content (AvgIpc) is 3.19. The lowest BCUT2D eigenvalue weighted by atomic mass is 10.2. The topological polar surface area (TPSA) is 79.8 Å². The quantitative estimate of drug-likeness (QED) is 0.737. The predicted molar refractivity (Wildman–Crippen MR) is 93.6 cm³/mol. The van der Waals surface area contributed by atoms with E-state index in [0.717, 1.165) is 44.9 Å². The molecule has 0 unspecified atom stereocenters. The highest BCUT2D eigenvalue weighted by molar-refractivity contribution is 5.74. The maximum atomic E-state index is 12.2. The van der Waals surface area contributed by atoms with E-state index in [1.165, 1.54) is 0 Å². The van der Waals surface area contributed by atoms with Gasteiger partial charge in [0.15, 0.2) is 0 Å². The van der Waals surface area contributed by atoms with Crippen LogP contribution < -0.4 is 10.2 Å². The van der Waals surface area contributed by atoms with Crippen LogP contribution in [-0.4, -0.2) is 79.5 Å². The molecular formula is C17H27N5O3. The molecule has 3 heterocycles. The minimum Gasteiger partial charge on any atom is -0.379 e.